The fourth-order valence-corrected chi connectivity index (χ4v) is 0. The summed E-state index contributed by atoms with van der Waals surface area (Å²) in [6.07, 6.45) is 0. The molecule has 2 N–H and O–H groups in total. The van der Waals surface area contributed by atoms with Gasteiger partial charge in [-0.3, -0.25) is 0 Å². The molecule has 0 bridgehead atoms. The first-order valence-corrected chi connectivity index (χ1v) is 0. The molecule has 30 valence electrons. The Labute approximate surface area is 103 Å². The fraction of sp³-hybridized carbons (Fsp3) is 0. The van der Waals surface area contributed by atoms with Crippen LogP contribution in [0.3, 0.4) is 0 Å². The first kappa shape index (κ1) is 26.9. The summed E-state index contributed by atoms with van der Waals surface area (Å²) in [5.74, 6) is 0. The molecule has 0 atom stereocenters. The first-order valence-electron chi connectivity index (χ1n) is 0. The van der Waals surface area contributed by atoms with Crippen molar-refractivity contribution in [2.75, 3.05) is 0 Å². The van der Waals surface area contributed by atoms with Gasteiger partial charge in [-0.25, -0.2) is 0 Å². The second-order valence-corrected chi connectivity index (χ2v) is 0. The molecule has 0 aliphatic heterocycles. The van der Waals surface area contributed by atoms with Crippen LogP contribution in [0, 0.1) is 37.7 Å². The Hall–Kier alpha value is 3.22. The van der Waals surface area contributed by atoms with Crippen LogP contribution >= 0.6 is 0 Å². The molecular weight excluding hydrogens is 323 g/mol. The molecular formula is H4HoMnOSr. The maximum atomic E-state index is 0. The molecule has 1 nitrogen and oxygen atoms in total. The van der Waals surface area contributed by atoms with Gasteiger partial charge in [0.25, 0.3) is 0 Å². The molecule has 0 saturated heterocycles. The van der Waals surface area contributed by atoms with E-state index in [-0.39, 0.29) is 106 Å². The van der Waals surface area contributed by atoms with Crippen LogP contribution in [0.4, 0.5) is 0 Å². The maximum absolute atomic E-state index is 0. The third kappa shape index (κ3) is 8.97. The Morgan fingerprint density at radius 3 is 1.00 bits per heavy atom. The monoisotopic (exact) mass is 328 g/mol. The van der Waals surface area contributed by atoms with Gasteiger partial charge in [0.15, 0.2) is 0 Å². The normalized spacial score (nSPS) is 0. The summed E-state index contributed by atoms with van der Waals surface area (Å²) in [5, 5.41) is 0. The molecule has 0 aromatic rings. The van der Waals surface area contributed by atoms with Gasteiger partial charge in [0, 0.05) is 54.8 Å². The molecule has 2 radical (unpaired) electrons. The Morgan fingerprint density at radius 2 is 1.00 bits per heavy atom. The summed E-state index contributed by atoms with van der Waals surface area (Å²) in [5.41, 5.74) is 0. The second kappa shape index (κ2) is 16.3. The molecule has 0 unspecified atom stereocenters. The van der Waals surface area contributed by atoms with Gasteiger partial charge in [-0.1, -0.05) is 0 Å². The van der Waals surface area contributed by atoms with Crippen LogP contribution in [-0.2, 0) is 17.1 Å². The third-order valence-electron chi connectivity index (χ3n) is 0. The first-order chi connectivity index (χ1) is 0. The third-order valence-corrected chi connectivity index (χ3v) is 0. The number of hydrogen-bond acceptors (Lipinski definition) is 0. The average Bonchev–Trinajstić information content (AvgIpc) is 0. The van der Waals surface area contributed by atoms with Crippen molar-refractivity contribution >= 4 is 45.5 Å². The average molecular weight is 328 g/mol. The van der Waals surface area contributed by atoms with E-state index in [2.05, 4.69) is 0 Å². The summed E-state index contributed by atoms with van der Waals surface area (Å²) in [4.78, 5) is 0. The van der Waals surface area contributed by atoms with E-state index in [1.807, 2.05) is 0 Å². The van der Waals surface area contributed by atoms with E-state index in [1.165, 1.54) is 0 Å². The number of hydrogen-bond donors (Lipinski definition) is 0. The Morgan fingerprint density at radius 1 is 1.00 bits per heavy atom. The van der Waals surface area contributed by atoms with E-state index >= 15 is 0 Å². The Kier molecular flexibility index (Phi) is 110. The molecule has 0 rings (SSSR count). The van der Waals surface area contributed by atoms with Gasteiger partial charge in [-0.2, -0.15) is 0 Å². The van der Waals surface area contributed by atoms with Crippen molar-refractivity contribution in [1.82, 2.24) is 0 Å². The standard InChI is InChI=1S/Ho.Mn.H2O.Sr.2H/h;;1H2;;;. The van der Waals surface area contributed by atoms with Gasteiger partial charge in [0.1, 0.15) is 0 Å². The van der Waals surface area contributed by atoms with Crippen molar-refractivity contribution in [3.63, 3.8) is 0 Å². The van der Waals surface area contributed by atoms with Gasteiger partial charge in [-0.15, -0.1) is 0 Å². The quantitative estimate of drug-likeness (QED) is 0.473. The Bertz CT molecular complexity index is 8.00. The molecule has 0 saturated carbocycles. The van der Waals surface area contributed by atoms with Crippen LogP contribution in [0.1, 0.15) is 0 Å². The van der Waals surface area contributed by atoms with Crippen molar-refractivity contribution in [3.05, 3.63) is 0 Å². The molecule has 0 aliphatic rings. The molecule has 0 amide bonds. The molecule has 0 aromatic heterocycles. The SMILES string of the molecule is O.[Ho].[Mn].[SrH2]. The van der Waals surface area contributed by atoms with Crippen LogP contribution in [0.15, 0.2) is 0 Å². The topological polar surface area (TPSA) is 31.5 Å². The van der Waals surface area contributed by atoms with Gasteiger partial charge >= 0.3 is 45.5 Å². The molecule has 0 aromatic carbocycles. The van der Waals surface area contributed by atoms with E-state index in [9.17, 15) is 0 Å². The molecule has 0 aliphatic carbocycles. The zero-order valence-electron chi connectivity index (χ0n) is 1.18. The zero-order chi connectivity index (χ0) is 0. The van der Waals surface area contributed by atoms with Crippen molar-refractivity contribution in [3.8, 4) is 0 Å². The van der Waals surface area contributed by atoms with E-state index in [0.717, 1.165) is 0 Å². The summed E-state index contributed by atoms with van der Waals surface area (Å²) >= 11 is 0. The van der Waals surface area contributed by atoms with E-state index < -0.39 is 0 Å². The van der Waals surface area contributed by atoms with Crippen LogP contribution in [0.5, 0.6) is 0 Å². The predicted molar refractivity (Wildman–Crippen MR) is 12.2 cm³/mol. The molecule has 4 heavy (non-hydrogen) atoms. The molecule has 0 fully saturated rings. The van der Waals surface area contributed by atoms with Gasteiger partial charge in [0.2, 0.25) is 0 Å². The van der Waals surface area contributed by atoms with Crippen molar-refractivity contribution in [1.29, 1.82) is 0 Å². The van der Waals surface area contributed by atoms with Crippen molar-refractivity contribution < 1.29 is 60.3 Å². The predicted octanol–water partition coefficient (Wildman–Crippen LogP) is -1.74. The van der Waals surface area contributed by atoms with E-state index in [1.54, 1.807) is 0 Å². The minimum absolute atomic E-state index is 0. The van der Waals surface area contributed by atoms with Crippen molar-refractivity contribution in [2.24, 2.45) is 0 Å². The molecule has 0 spiro atoms. The molecule has 0 heterocycles. The summed E-state index contributed by atoms with van der Waals surface area (Å²) in [7, 11) is 0. The van der Waals surface area contributed by atoms with Crippen LogP contribution < -0.4 is 0 Å². The Balaban J connectivity index is 0. The van der Waals surface area contributed by atoms with Gasteiger partial charge in [0.05, 0.1) is 0 Å². The molecule has 4 heteroatoms. The number of rotatable bonds is 0. The summed E-state index contributed by atoms with van der Waals surface area (Å²) in [6.45, 7) is 0. The second-order valence-electron chi connectivity index (χ2n) is 0. The van der Waals surface area contributed by atoms with Crippen LogP contribution in [0.25, 0.3) is 0 Å². The van der Waals surface area contributed by atoms with Gasteiger partial charge < -0.3 is 5.48 Å². The summed E-state index contributed by atoms with van der Waals surface area (Å²) in [6, 6.07) is 0. The van der Waals surface area contributed by atoms with Gasteiger partial charge in [-0.05, 0) is 0 Å². The van der Waals surface area contributed by atoms with E-state index in [0.29, 0.717) is 0 Å². The van der Waals surface area contributed by atoms with Crippen LogP contribution in [0.2, 0.25) is 0 Å². The van der Waals surface area contributed by atoms with E-state index in [4.69, 9.17) is 0 Å². The zero-order valence-corrected chi connectivity index (χ0v) is 4.29. The fourth-order valence-electron chi connectivity index (χ4n) is 0. The summed E-state index contributed by atoms with van der Waals surface area (Å²) < 4.78 is 0. The van der Waals surface area contributed by atoms with Crippen LogP contribution in [-0.4, -0.2) is 51.0 Å². The minimum atomic E-state index is 0. The van der Waals surface area contributed by atoms with Crippen molar-refractivity contribution in [2.45, 2.75) is 0 Å².